The fraction of sp³-hybridized carbons (Fsp3) is 0.517. The molecule has 2 heterocycles. The van der Waals surface area contributed by atoms with Crippen LogP contribution in [-0.2, 0) is 4.79 Å². The molecule has 2 fully saturated rings. The Morgan fingerprint density at radius 2 is 1.95 bits per heavy atom. The van der Waals surface area contributed by atoms with Crippen LogP contribution >= 0.6 is 0 Å². The summed E-state index contributed by atoms with van der Waals surface area (Å²) in [5.41, 5.74) is 5.26. The molecule has 0 bridgehead atoms. The summed E-state index contributed by atoms with van der Waals surface area (Å²) in [5.74, 6) is 1.06. The van der Waals surface area contributed by atoms with Crippen molar-refractivity contribution in [3.8, 4) is 17.0 Å². The number of aliphatic hydroxyl groups excluding tert-OH is 1. The first kappa shape index (κ1) is 26.2. The summed E-state index contributed by atoms with van der Waals surface area (Å²) < 4.78 is 6.17. The highest BCUT2D eigenvalue weighted by Gasteiger charge is 2.32. The van der Waals surface area contributed by atoms with Gasteiger partial charge in [-0.3, -0.25) is 9.59 Å². The van der Waals surface area contributed by atoms with Crippen molar-refractivity contribution < 1.29 is 19.4 Å². The number of hydrogen-bond donors (Lipinski definition) is 4. The minimum Gasteiger partial charge on any atom is -0.493 e. The molecule has 0 aliphatic heterocycles. The van der Waals surface area contributed by atoms with E-state index >= 15 is 0 Å². The van der Waals surface area contributed by atoms with Gasteiger partial charge in [0.15, 0.2) is 0 Å². The van der Waals surface area contributed by atoms with Gasteiger partial charge in [0, 0.05) is 23.3 Å². The molecule has 2 amide bonds. The largest absolute Gasteiger partial charge is 0.493 e. The van der Waals surface area contributed by atoms with Gasteiger partial charge < -0.3 is 25.5 Å². The molecule has 0 spiro atoms. The number of aromatic nitrogens is 3. The first-order valence-corrected chi connectivity index (χ1v) is 13.6. The van der Waals surface area contributed by atoms with Crippen LogP contribution in [0.3, 0.4) is 0 Å². The third-order valence-electron chi connectivity index (χ3n) is 7.77. The summed E-state index contributed by atoms with van der Waals surface area (Å²) >= 11 is 0. The molecule has 4 atom stereocenters. The number of aliphatic hydroxyl groups is 1. The smallest absolute Gasteiger partial charge is 0.255 e. The Bertz CT molecular complexity index is 1350. The number of nitrogens with zero attached hydrogens (tertiary/aromatic N) is 2. The first-order valence-electron chi connectivity index (χ1n) is 13.6. The molecule has 5 rings (SSSR count). The number of ether oxygens (including phenoxy) is 1. The van der Waals surface area contributed by atoms with Gasteiger partial charge in [0.2, 0.25) is 5.91 Å². The number of nitrogens with one attached hydrogen (secondary N) is 3. The fourth-order valence-corrected chi connectivity index (χ4v) is 5.35. The molecule has 4 N–H and O–H groups in total. The molecule has 9 heteroatoms. The van der Waals surface area contributed by atoms with Crippen molar-refractivity contribution in [1.29, 1.82) is 0 Å². The Morgan fingerprint density at radius 3 is 2.66 bits per heavy atom. The van der Waals surface area contributed by atoms with Crippen LogP contribution < -0.4 is 15.4 Å². The molecule has 0 unspecified atom stereocenters. The number of rotatable bonds is 8. The predicted octanol–water partition coefficient (Wildman–Crippen LogP) is 3.81. The van der Waals surface area contributed by atoms with Crippen LogP contribution in [0.1, 0.15) is 67.6 Å². The van der Waals surface area contributed by atoms with Gasteiger partial charge in [-0.1, -0.05) is 18.6 Å². The molecule has 3 aromatic rings. The first-order chi connectivity index (χ1) is 18.2. The molecule has 1 aromatic carbocycles. The summed E-state index contributed by atoms with van der Waals surface area (Å²) in [4.78, 5) is 37.9. The molecule has 2 aliphatic carbocycles. The van der Waals surface area contributed by atoms with E-state index in [0.717, 1.165) is 53.0 Å². The van der Waals surface area contributed by atoms with Gasteiger partial charge in [0.05, 0.1) is 17.7 Å². The number of benzene rings is 1. The number of aryl methyl sites for hydroxylation is 2. The second-order valence-electron chi connectivity index (χ2n) is 11.1. The fourth-order valence-electron chi connectivity index (χ4n) is 5.35. The van der Waals surface area contributed by atoms with Gasteiger partial charge >= 0.3 is 0 Å². The molecular formula is C29H37N5O4. The Kier molecular flexibility index (Phi) is 7.38. The lowest BCUT2D eigenvalue weighted by Gasteiger charge is -2.35. The third kappa shape index (κ3) is 5.53. The van der Waals surface area contributed by atoms with Gasteiger partial charge in [-0.2, -0.15) is 0 Å². The van der Waals surface area contributed by atoms with Crippen LogP contribution in [-0.4, -0.2) is 56.7 Å². The van der Waals surface area contributed by atoms with Crippen molar-refractivity contribution in [2.45, 2.75) is 78.0 Å². The Balaban J connectivity index is 1.37. The van der Waals surface area contributed by atoms with E-state index in [2.05, 4.69) is 38.6 Å². The van der Waals surface area contributed by atoms with Gasteiger partial charge in [-0.15, -0.1) is 0 Å². The van der Waals surface area contributed by atoms with Crippen molar-refractivity contribution in [3.05, 3.63) is 41.3 Å². The number of aromatic amines is 1. The molecule has 2 aromatic heterocycles. The van der Waals surface area contributed by atoms with Crippen LogP contribution in [0.25, 0.3) is 22.3 Å². The number of hydrogen-bond acceptors (Lipinski definition) is 6. The summed E-state index contributed by atoms with van der Waals surface area (Å²) in [5, 5.41) is 15.6. The van der Waals surface area contributed by atoms with Crippen LogP contribution in [0.4, 0.5) is 0 Å². The van der Waals surface area contributed by atoms with Crippen LogP contribution in [0.5, 0.6) is 5.75 Å². The Labute approximate surface area is 222 Å². The van der Waals surface area contributed by atoms with E-state index in [1.807, 2.05) is 26.0 Å². The third-order valence-corrected chi connectivity index (χ3v) is 7.77. The van der Waals surface area contributed by atoms with E-state index < -0.39 is 6.10 Å². The van der Waals surface area contributed by atoms with Gasteiger partial charge in [0.1, 0.15) is 29.4 Å². The summed E-state index contributed by atoms with van der Waals surface area (Å²) in [7, 11) is 0. The van der Waals surface area contributed by atoms with Gasteiger partial charge in [-0.05, 0) is 76.8 Å². The number of carbonyl (C=O) groups excluding carboxylic acids is 2. The second kappa shape index (κ2) is 10.7. The number of fused-ring (bicyclic) bond motifs is 1. The molecule has 0 saturated heterocycles. The Hall–Kier alpha value is -3.46. The summed E-state index contributed by atoms with van der Waals surface area (Å²) in [6, 6.07) is 6.07. The lowest BCUT2D eigenvalue weighted by Crippen LogP contribution is -2.49. The van der Waals surface area contributed by atoms with Crippen LogP contribution in [0.15, 0.2) is 24.5 Å². The van der Waals surface area contributed by atoms with E-state index in [1.54, 1.807) is 0 Å². The number of carbonyl (C=O) groups is 2. The van der Waals surface area contributed by atoms with Crippen molar-refractivity contribution in [1.82, 2.24) is 25.6 Å². The maximum Gasteiger partial charge on any atom is 0.255 e. The van der Waals surface area contributed by atoms with Crippen molar-refractivity contribution in [2.24, 2.45) is 11.8 Å². The molecular weight excluding hydrogens is 482 g/mol. The monoisotopic (exact) mass is 519 g/mol. The quantitative estimate of drug-likeness (QED) is 0.358. The van der Waals surface area contributed by atoms with Crippen molar-refractivity contribution in [3.63, 3.8) is 0 Å². The average molecular weight is 520 g/mol. The Morgan fingerprint density at radius 1 is 1.16 bits per heavy atom. The predicted molar refractivity (Wildman–Crippen MR) is 145 cm³/mol. The lowest BCUT2D eigenvalue weighted by molar-refractivity contribution is -0.129. The van der Waals surface area contributed by atoms with Crippen molar-refractivity contribution in [2.75, 3.05) is 6.61 Å². The minimum atomic E-state index is -1.03. The summed E-state index contributed by atoms with van der Waals surface area (Å²) in [6.45, 7) is 8.16. The molecule has 2 saturated carbocycles. The summed E-state index contributed by atoms with van der Waals surface area (Å²) in [6.07, 6.45) is 5.12. The van der Waals surface area contributed by atoms with E-state index in [0.29, 0.717) is 23.6 Å². The van der Waals surface area contributed by atoms with Crippen molar-refractivity contribution >= 4 is 22.8 Å². The SMILES string of the molecule is Cc1ccc(OCC2CC2)c(-c2ncnc3c(C(=O)N[C@@H]4CC[C@H](NC(=O)[C@H](C)O)C[C@H]4C)c(C)[nH]c23)c1. The normalized spacial score (nSPS) is 22.2. The lowest BCUT2D eigenvalue weighted by atomic mass is 9.82. The van der Waals surface area contributed by atoms with E-state index in [4.69, 9.17) is 4.74 Å². The number of H-pyrrole nitrogens is 1. The highest BCUT2D eigenvalue weighted by atomic mass is 16.5. The van der Waals surface area contributed by atoms with Crippen LogP contribution in [0.2, 0.25) is 0 Å². The molecule has 202 valence electrons. The molecule has 38 heavy (non-hydrogen) atoms. The van der Waals surface area contributed by atoms with Crippen LogP contribution in [0, 0.1) is 25.7 Å². The highest BCUT2D eigenvalue weighted by molar-refractivity contribution is 6.09. The minimum absolute atomic E-state index is 0.00367. The zero-order valence-corrected chi connectivity index (χ0v) is 22.5. The van der Waals surface area contributed by atoms with E-state index in [9.17, 15) is 14.7 Å². The molecule has 9 nitrogen and oxygen atoms in total. The maximum absolute atomic E-state index is 13.5. The molecule has 2 aliphatic rings. The zero-order chi connectivity index (χ0) is 27.0. The van der Waals surface area contributed by atoms with E-state index in [-0.39, 0.29) is 29.8 Å². The average Bonchev–Trinajstić information content (AvgIpc) is 3.64. The topological polar surface area (TPSA) is 129 Å². The van der Waals surface area contributed by atoms with Gasteiger partial charge in [-0.25, -0.2) is 9.97 Å². The number of amides is 2. The molecule has 0 radical (unpaired) electrons. The van der Waals surface area contributed by atoms with Gasteiger partial charge in [0.25, 0.3) is 5.91 Å². The zero-order valence-electron chi connectivity index (χ0n) is 22.5. The second-order valence-corrected chi connectivity index (χ2v) is 11.1. The maximum atomic E-state index is 13.5. The highest BCUT2D eigenvalue weighted by Crippen LogP contribution is 2.37. The standard InChI is InChI=1S/C29H37N5O4/c1-15-5-10-23(38-13-19-6-7-19)21(11-15)25-27-26(31-14-30-25)24(17(3)32-27)29(37)34-22-9-8-20(12-16(22)2)33-28(36)18(4)35/h5,10-11,14,16,18-20,22,32,35H,6-9,12-13H2,1-4H3,(H,33,36)(H,34,37)/t16-,18+,20+,22-/m1/s1. The van der Waals surface area contributed by atoms with E-state index in [1.165, 1.54) is 26.1 Å².